The average Bonchev–Trinajstić information content (AvgIpc) is 3.10. The fourth-order valence-electron chi connectivity index (χ4n) is 3.22. The van der Waals surface area contributed by atoms with Crippen LogP contribution in [0.15, 0.2) is 47.4 Å². The molecule has 1 aliphatic heterocycles. The highest BCUT2D eigenvalue weighted by Gasteiger charge is 2.35. The van der Waals surface area contributed by atoms with Crippen molar-refractivity contribution in [1.82, 2.24) is 5.32 Å². The van der Waals surface area contributed by atoms with Gasteiger partial charge in [0.05, 0.1) is 5.92 Å². The minimum absolute atomic E-state index is 0.0521. The van der Waals surface area contributed by atoms with Crippen LogP contribution in [0.2, 0.25) is 0 Å². The number of rotatable bonds is 5. The van der Waals surface area contributed by atoms with Gasteiger partial charge in [0, 0.05) is 41.8 Å². The Morgan fingerprint density at radius 2 is 1.86 bits per heavy atom. The molecule has 28 heavy (non-hydrogen) atoms. The Balaban J connectivity index is 1.68. The van der Waals surface area contributed by atoms with E-state index < -0.39 is 5.92 Å². The molecule has 0 spiro atoms. The summed E-state index contributed by atoms with van der Waals surface area (Å²) in [5.74, 6) is -0.827. The van der Waals surface area contributed by atoms with Crippen molar-refractivity contribution in [1.29, 1.82) is 0 Å². The first-order chi connectivity index (χ1) is 13.4. The first-order valence-electron chi connectivity index (χ1n) is 9.01. The van der Waals surface area contributed by atoms with Crippen molar-refractivity contribution in [3.8, 4) is 0 Å². The van der Waals surface area contributed by atoms with Gasteiger partial charge in [-0.25, -0.2) is 0 Å². The summed E-state index contributed by atoms with van der Waals surface area (Å²) in [7, 11) is 1.57. The third-order valence-corrected chi connectivity index (χ3v) is 5.60. The molecule has 3 amide bonds. The van der Waals surface area contributed by atoms with E-state index in [9.17, 15) is 14.4 Å². The minimum atomic E-state index is -0.411. The minimum Gasteiger partial charge on any atom is -0.355 e. The molecule has 0 saturated carbocycles. The molecule has 1 heterocycles. The molecule has 1 saturated heterocycles. The van der Waals surface area contributed by atoms with E-state index in [0.29, 0.717) is 17.8 Å². The summed E-state index contributed by atoms with van der Waals surface area (Å²) in [5, 5.41) is 5.47. The Labute approximate surface area is 168 Å². The van der Waals surface area contributed by atoms with E-state index in [1.54, 1.807) is 41.9 Å². The predicted octanol–water partition coefficient (Wildman–Crippen LogP) is 3.07. The van der Waals surface area contributed by atoms with Gasteiger partial charge in [-0.05, 0) is 61.2 Å². The number of carbonyl (C=O) groups is 3. The maximum Gasteiger partial charge on any atom is 0.251 e. The first-order valence-corrected chi connectivity index (χ1v) is 10.2. The number of carbonyl (C=O) groups excluding carboxylic acids is 3. The number of benzene rings is 2. The molecule has 2 aromatic rings. The number of thioether (sulfide) groups is 1. The van der Waals surface area contributed by atoms with Gasteiger partial charge in [0.25, 0.3) is 5.91 Å². The monoisotopic (exact) mass is 397 g/mol. The van der Waals surface area contributed by atoms with Crippen LogP contribution in [-0.4, -0.2) is 37.6 Å². The van der Waals surface area contributed by atoms with E-state index in [0.717, 1.165) is 16.1 Å². The highest BCUT2D eigenvalue weighted by atomic mass is 32.2. The maximum atomic E-state index is 12.7. The van der Waals surface area contributed by atoms with Gasteiger partial charge < -0.3 is 15.5 Å². The predicted molar refractivity (Wildman–Crippen MR) is 112 cm³/mol. The van der Waals surface area contributed by atoms with Crippen molar-refractivity contribution in [3.63, 3.8) is 0 Å². The quantitative estimate of drug-likeness (QED) is 0.760. The molecule has 6 nitrogen and oxygen atoms in total. The van der Waals surface area contributed by atoms with E-state index in [-0.39, 0.29) is 24.1 Å². The lowest BCUT2D eigenvalue weighted by molar-refractivity contribution is -0.122. The molecule has 1 aliphatic rings. The van der Waals surface area contributed by atoms with Crippen LogP contribution >= 0.6 is 11.8 Å². The van der Waals surface area contributed by atoms with E-state index in [4.69, 9.17) is 0 Å². The number of hydrogen-bond acceptors (Lipinski definition) is 4. The molecular weight excluding hydrogens is 374 g/mol. The molecular formula is C21H23N3O3S. The van der Waals surface area contributed by atoms with Crippen LogP contribution in [0.5, 0.6) is 0 Å². The second-order valence-electron chi connectivity index (χ2n) is 6.70. The standard InChI is InChI=1S/C21H23N3O3S/c1-13-10-14(20(26)22-2)4-9-18(13)23-21(27)15-11-19(25)24(12-15)16-5-7-17(28-3)8-6-16/h4-10,15H,11-12H2,1-3H3,(H,22,26)(H,23,27). The molecule has 146 valence electrons. The van der Waals surface area contributed by atoms with Crippen molar-refractivity contribution in [2.45, 2.75) is 18.2 Å². The summed E-state index contributed by atoms with van der Waals surface area (Å²) in [4.78, 5) is 39.6. The van der Waals surface area contributed by atoms with Crippen LogP contribution in [0, 0.1) is 12.8 Å². The van der Waals surface area contributed by atoms with Gasteiger partial charge in [-0.1, -0.05) is 0 Å². The lowest BCUT2D eigenvalue weighted by Crippen LogP contribution is -2.28. The summed E-state index contributed by atoms with van der Waals surface area (Å²) >= 11 is 1.64. The Hall–Kier alpha value is -2.80. The van der Waals surface area contributed by atoms with Crippen molar-refractivity contribution in [2.75, 3.05) is 30.1 Å². The number of nitrogens with one attached hydrogen (secondary N) is 2. The van der Waals surface area contributed by atoms with Crippen molar-refractivity contribution in [3.05, 3.63) is 53.6 Å². The third kappa shape index (κ3) is 4.20. The molecule has 0 aliphatic carbocycles. The largest absolute Gasteiger partial charge is 0.355 e. The summed E-state index contributed by atoms with van der Waals surface area (Å²) in [6.45, 7) is 2.19. The van der Waals surface area contributed by atoms with Gasteiger partial charge >= 0.3 is 0 Å². The normalized spacial score (nSPS) is 16.2. The lowest BCUT2D eigenvalue weighted by Gasteiger charge is -2.17. The van der Waals surface area contributed by atoms with Crippen LogP contribution < -0.4 is 15.5 Å². The zero-order valence-electron chi connectivity index (χ0n) is 16.1. The molecule has 3 rings (SSSR count). The second kappa shape index (κ2) is 8.48. The molecule has 0 bridgehead atoms. The lowest BCUT2D eigenvalue weighted by atomic mass is 10.1. The van der Waals surface area contributed by atoms with E-state index in [2.05, 4.69) is 10.6 Å². The van der Waals surface area contributed by atoms with Gasteiger partial charge in [0.2, 0.25) is 11.8 Å². The fourth-order valence-corrected chi connectivity index (χ4v) is 3.63. The number of hydrogen-bond donors (Lipinski definition) is 2. The summed E-state index contributed by atoms with van der Waals surface area (Å²) in [6, 6.07) is 12.9. The highest BCUT2D eigenvalue weighted by molar-refractivity contribution is 7.98. The number of nitrogens with zero attached hydrogens (tertiary/aromatic N) is 1. The van der Waals surface area contributed by atoms with Crippen molar-refractivity contribution < 1.29 is 14.4 Å². The van der Waals surface area contributed by atoms with Crippen LogP contribution in [0.25, 0.3) is 0 Å². The van der Waals surface area contributed by atoms with E-state index in [1.165, 1.54) is 0 Å². The van der Waals surface area contributed by atoms with Crippen LogP contribution in [-0.2, 0) is 9.59 Å². The van der Waals surface area contributed by atoms with Crippen LogP contribution in [0.4, 0.5) is 11.4 Å². The van der Waals surface area contributed by atoms with Crippen molar-refractivity contribution in [2.24, 2.45) is 5.92 Å². The average molecular weight is 398 g/mol. The Morgan fingerprint density at radius 3 is 2.46 bits per heavy atom. The molecule has 2 N–H and O–H groups in total. The molecule has 0 radical (unpaired) electrons. The highest BCUT2D eigenvalue weighted by Crippen LogP contribution is 2.28. The fraction of sp³-hybridized carbons (Fsp3) is 0.286. The molecule has 1 fully saturated rings. The molecule has 7 heteroatoms. The van der Waals surface area contributed by atoms with Crippen molar-refractivity contribution >= 4 is 40.9 Å². The van der Waals surface area contributed by atoms with Gasteiger partial charge in [0.15, 0.2) is 0 Å². The van der Waals surface area contributed by atoms with Gasteiger partial charge in [0.1, 0.15) is 0 Å². The molecule has 1 unspecified atom stereocenters. The SMILES string of the molecule is CNC(=O)c1ccc(NC(=O)C2CC(=O)N(c3ccc(SC)cc3)C2)c(C)c1. The topological polar surface area (TPSA) is 78.5 Å². The van der Waals surface area contributed by atoms with Gasteiger partial charge in [-0.3, -0.25) is 14.4 Å². The third-order valence-electron chi connectivity index (χ3n) is 4.85. The Bertz CT molecular complexity index is 912. The molecule has 1 atom stereocenters. The number of aryl methyl sites for hydroxylation is 1. The summed E-state index contributed by atoms with van der Waals surface area (Å²) in [6.07, 6.45) is 2.19. The zero-order chi connectivity index (χ0) is 20.3. The van der Waals surface area contributed by atoms with Gasteiger partial charge in [-0.2, -0.15) is 0 Å². The Kier molecular flexibility index (Phi) is 6.04. The number of amides is 3. The van der Waals surface area contributed by atoms with Crippen LogP contribution in [0.3, 0.4) is 0 Å². The van der Waals surface area contributed by atoms with E-state index in [1.807, 2.05) is 37.4 Å². The zero-order valence-corrected chi connectivity index (χ0v) is 16.9. The first kappa shape index (κ1) is 19.9. The number of anilines is 2. The Morgan fingerprint density at radius 1 is 1.14 bits per heavy atom. The van der Waals surface area contributed by atoms with Gasteiger partial charge in [-0.15, -0.1) is 11.8 Å². The second-order valence-corrected chi connectivity index (χ2v) is 7.58. The summed E-state index contributed by atoms with van der Waals surface area (Å²) in [5.41, 5.74) is 2.79. The molecule has 0 aromatic heterocycles. The maximum absolute atomic E-state index is 12.7. The smallest absolute Gasteiger partial charge is 0.251 e. The van der Waals surface area contributed by atoms with Crippen LogP contribution in [0.1, 0.15) is 22.3 Å². The summed E-state index contributed by atoms with van der Waals surface area (Å²) < 4.78 is 0. The molecule has 2 aromatic carbocycles. The van der Waals surface area contributed by atoms with E-state index >= 15 is 0 Å².